The highest BCUT2D eigenvalue weighted by Crippen LogP contribution is 2.49. The third kappa shape index (κ3) is 4.38. The maximum absolute atomic E-state index is 12.1. The van der Waals surface area contributed by atoms with Crippen molar-refractivity contribution in [1.82, 2.24) is 4.98 Å². The number of carbonyl (C=O) groups is 2. The van der Waals surface area contributed by atoms with Gasteiger partial charge in [0.2, 0.25) is 0 Å². The summed E-state index contributed by atoms with van der Waals surface area (Å²) in [5.74, 6) is 1.34. The monoisotopic (exact) mass is 384 g/mol. The zero-order valence-electron chi connectivity index (χ0n) is 15.4. The van der Waals surface area contributed by atoms with Crippen LogP contribution in [0.1, 0.15) is 37.7 Å². The van der Waals surface area contributed by atoms with E-state index in [-0.39, 0.29) is 18.5 Å². The summed E-state index contributed by atoms with van der Waals surface area (Å²) in [5, 5.41) is 5.13. The number of thiazole rings is 1. The quantitative estimate of drug-likeness (QED) is 0.748. The molecule has 4 rings (SSSR count). The van der Waals surface area contributed by atoms with Gasteiger partial charge in [-0.15, -0.1) is 11.3 Å². The highest BCUT2D eigenvalue weighted by molar-refractivity contribution is 7.14. The predicted octanol–water partition coefficient (Wildman–Crippen LogP) is 4.43. The van der Waals surface area contributed by atoms with Crippen LogP contribution < -0.4 is 5.32 Å². The van der Waals surface area contributed by atoms with Crippen LogP contribution in [0.5, 0.6) is 0 Å². The fraction of sp³-hybridized carbons (Fsp3) is 0.476. The van der Waals surface area contributed by atoms with Crippen molar-refractivity contribution in [3.05, 3.63) is 35.2 Å². The number of esters is 1. The smallest absolute Gasteiger partial charge is 0.306 e. The molecule has 0 radical (unpaired) electrons. The Morgan fingerprint density at radius 3 is 2.74 bits per heavy atom. The number of nitrogens with zero attached hydrogens (tertiary/aromatic N) is 1. The summed E-state index contributed by atoms with van der Waals surface area (Å²) < 4.78 is 5.18. The first-order chi connectivity index (χ1) is 13.1. The minimum Gasteiger partial charge on any atom is -0.456 e. The van der Waals surface area contributed by atoms with Crippen LogP contribution in [-0.2, 0) is 14.3 Å². The molecule has 2 aromatic rings. The summed E-state index contributed by atoms with van der Waals surface area (Å²) in [5.41, 5.74) is 3.02. The standard InChI is InChI=1S/C21H24N2O3S/c1-13-2-5-15(6-3-13)18-12-27-21(22-18)23-19(24)11-26-20(25)10-17-9-14-4-7-16(17)8-14/h2-3,5-6,12,14,16-17H,4,7-11H2,1H3,(H,22,23,24)/t14-,16+,17-/m0/s1. The van der Waals surface area contributed by atoms with E-state index in [2.05, 4.69) is 10.3 Å². The number of rotatable bonds is 6. The van der Waals surface area contributed by atoms with Gasteiger partial charge in [0.1, 0.15) is 0 Å². The molecule has 0 unspecified atom stereocenters. The van der Waals surface area contributed by atoms with Gasteiger partial charge in [0, 0.05) is 17.4 Å². The second kappa shape index (κ2) is 7.80. The first-order valence-corrected chi connectivity index (χ1v) is 10.4. The highest BCUT2D eigenvalue weighted by atomic mass is 32.1. The summed E-state index contributed by atoms with van der Waals surface area (Å²) >= 11 is 1.36. The van der Waals surface area contributed by atoms with E-state index in [0.717, 1.165) is 23.6 Å². The van der Waals surface area contributed by atoms with E-state index in [1.807, 2.05) is 36.6 Å². The third-order valence-electron chi connectivity index (χ3n) is 5.78. The summed E-state index contributed by atoms with van der Waals surface area (Å²) in [7, 11) is 0. The molecular formula is C21H24N2O3S. The first-order valence-electron chi connectivity index (χ1n) is 9.55. The van der Waals surface area contributed by atoms with E-state index in [1.165, 1.54) is 36.2 Å². The molecule has 1 amide bonds. The number of ether oxygens (including phenoxy) is 1. The van der Waals surface area contributed by atoms with Crippen molar-refractivity contribution in [2.75, 3.05) is 11.9 Å². The molecule has 27 heavy (non-hydrogen) atoms. The van der Waals surface area contributed by atoms with Gasteiger partial charge >= 0.3 is 5.97 Å². The molecule has 1 N–H and O–H groups in total. The van der Waals surface area contributed by atoms with Crippen LogP contribution in [0.2, 0.25) is 0 Å². The van der Waals surface area contributed by atoms with E-state index in [4.69, 9.17) is 4.74 Å². The molecule has 2 aliphatic carbocycles. The summed E-state index contributed by atoms with van der Waals surface area (Å²) in [6.07, 6.45) is 5.43. The van der Waals surface area contributed by atoms with Crippen molar-refractivity contribution < 1.29 is 14.3 Å². The molecule has 3 atom stereocenters. The van der Waals surface area contributed by atoms with Gasteiger partial charge in [-0.25, -0.2) is 4.98 Å². The topological polar surface area (TPSA) is 68.3 Å². The highest BCUT2D eigenvalue weighted by Gasteiger charge is 2.40. The Hall–Kier alpha value is -2.21. The molecule has 5 nitrogen and oxygen atoms in total. The molecule has 1 aromatic heterocycles. The van der Waals surface area contributed by atoms with Gasteiger partial charge in [-0.3, -0.25) is 14.9 Å². The van der Waals surface area contributed by atoms with Crippen LogP contribution in [0.3, 0.4) is 0 Å². The molecule has 0 saturated heterocycles. The number of hydrogen-bond donors (Lipinski definition) is 1. The number of aryl methyl sites for hydroxylation is 1. The minimum atomic E-state index is -0.346. The number of benzene rings is 1. The zero-order valence-corrected chi connectivity index (χ0v) is 16.3. The number of amides is 1. The fourth-order valence-electron chi connectivity index (χ4n) is 4.39. The molecule has 2 fully saturated rings. The van der Waals surface area contributed by atoms with Crippen LogP contribution >= 0.6 is 11.3 Å². The summed E-state index contributed by atoms with van der Waals surface area (Å²) in [6, 6.07) is 8.08. The van der Waals surface area contributed by atoms with Gasteiger partial charge in [-0.2, -0.15) is 0 Å². The molecule has 1 heterocycles. The van der Waals surface area contributed by atoms with Crippen molar-refractivity contribution in [2.24, 2.45) is 17.8 Å². The van der Waals surface area contributed by atoms with E-state index >= 15 is 0 Å². The molecule has 2 saturated carbocycles. The molecular weight excluding hydrogens is 360 g/mol. The number of anilines is 1. The maximum Gasteiger partial charge on any atom is 0.306 e. The van der Waals surface area contributed by atoms with Crippen molar-refractivity contribution in [3.8, 4) is 11.3 Å². The number of aromatic nitrogens is 1. The van der Waals surface area contributed by atoms with Gasteiger partial charge in [-0.1, -0.05) is 36.2 Å². The van der Waals surface area contributed by atoms with Gasteiger partial charge in [0.05, 0.1) is 5.69 Å². The van der Waals surface area contributed by atoms with Crippen LogP contribution in [0.15, 0.2) is 29.6 Å². The summed E-state index contributed by atoms with van der Waals surface area (Å²) in [6.45, 7) is 1.79. The van der Waals surface area contributed by atoms with Crippen LogP contribution in [0.4, 0.5) is 5.13 Å². The molecule has 0 aliphatic heterocycles. The normalized spacial score (nSPS) is 23.4. The Morgan fingerprint density at radius 1 is 1.22 bits per heavy atom. The maximum atomic E-state index is 12.1. The van der Waals surface area contributed by atoms with Crippen molar-refractivity contribution >= 4 is 28.3 Å². The lowest BCUT2D eigenvalue weighted by molar-refractivity contribution is -0.148. The Morgan fingerprint density at radius 2 is 2.04 bits per heavy atom. The number of hydrogen-bond acceptors (Lipinski definition) is 5. The average Bonchev–Trinajstić information content (AvgIpc) is 3.38. The molecule has 142 valence electrons. The third-order valence-corrected chi connectivity index (χ3v) is 6.53. The Balaban J connectivity index is 1.23. The van der Waals surface area contributed by atoms with Crippen molar-refractivity contribution in [3.63, 3.8) is 0 Å². The van der Waals surface area contributed by atoms with E-state index < -0.39 is 0 Å². The van der Waals surface area contributed by atoms with Gasteiger partial charge in [0.15, 0.2) is 11.7 Å². The van der Waals surface area contributed by atoms with Gasteiger partial charge in [-0.05, 0) is 43.9 Å². The van der Waals surface area contributed by atoms with Crippen molar-refractivity contribution in [1.29, 1.82) is 0 Å². The van der Waals surface area contributed by atoms with Crippen LogP contribution in [0.25, 0.3) is 11.3 Å². The average molecular weight is 385 g/mol. The molecule has 2 bridgehead atoms. The minimum absolute atomic E-state index is 0.251. The predicted molar refractivity (Wildman–Crippen MR) is 105 cm³/mol. The number of nitrogens with one attached hydrogen (secondary N) is 1. The lowest BCUT2D eigenvalue weighted by Crippen LogP contribution is -2.23. The molecule has 0 spiro atoms. The second-order valence-corrected chi connectivity index (χ2v) is 8.61. The lowest BCUT2D eigenvalue weighted by Gasteiger charge is -2.20. The van der Waals surface area contributed by atoms with E-state index in [1.54, 1.807) is 0 Å². The van der Waals surface area contributed by atoms with Gasteiger partial charge < -0.3 is 4.74 Å². The number of carbonyl (C=O) groups excluding carboxylic acids is 2. The van der Waals surface area contributed by atoms with Gasteiger partial charge in [0.25, 0.3) is 5.91 Å². The van der Waals surface area contributed by atoms with E-state index in [9.17, 15) is 9.59 Å². The molecule has 1 aromatic carbocycles. The largest absolute Gasteiger partial charge is 0.456 e. The van der Waals surface area contributed by atoms with Crippen molar-refractivity contribution in [2.45, 2.75) is 39.0 Å². The Bertz CT molecular complexity index is 830. The second-order valence-electron chi connectivity index (χ2n) is 7.75. The lowest BCUT2D eigenvalue weighted by atomic mass is 9.86. The fourth-order valence-corrected chi connectivity index (χ4v) is 5.12. The molecule has 6 heteroatoms. The number of fused-ring (bicyclic) bond motifs is 2. The van der Waals surface area contributed by atoms with Crippen LogP contribution in [0, 0.1) is 24.7 Å². The Labute approximate surface area is 163 Å². The SMILES string of the molecule is Cc1ccc(-c2csc(NC(=O)COC(=O)C[C@@H]3C[C@H]4CC[C@@H]3C4)n2)cc1. The molecule has 2 aliphatic rings. The first kappa shape index (κ1) is 18.2. The zero-order chi connectivity index (χ0) is 18.8. The van der Waals surface area contributed by atoms with E-state index in [0.29, 0.717) is 23.4 Å². The van der Waals surface area contributed by atoms with Crippen LogP contribution in [-0.4, -0.2) is 23.5 Å². The summed E-state index contributed by atoms with van der Waals surface area (Å²) in [4.78, 5) is 28.5. The Kier molecular flexibility index (Phi) is 5.25.